The summed E-state index contributed by atoms with van der Waals surface area (Å²) in [6.07, 6.45) is 2.54. The molecule has 0 aliphatic carbocycles. The lowest BCUT2D eigenvalue weighted by Gasteiger charge is -2.40. The third-order valence-electron chi connectivity index (χ3n) is 6.33. The molecule has 2 amide bonds. The molecule has 1 saturated heterocycles. The van der Waals surface area contributed by atoms with Crippen molar-refractivity contribution in [3.8, 4) is 17.2 Å². The van der Waals surface area contributed by atoms with Gasteiger partial charge in [0.1, 0.15) is 0 Å². The third-order valence-corrected chi connectivity index (χ3v) is 6.33. The van der Waals surface area contributed by atoms with Gasteiger partial charge in [-0.2, -0.15) is 0 Å². The van der Waals surface area contributed by atoms with E-state index in [1.165, 1.54) is 0 Å². The second-order valence-electron chi connectivity index (χ2n) is 8.29. The van der Waals surface area contributed by atoms with Gasteiger partial charge < -0.3 is 29.3 Å². The van der Waals surface area contributed by atoms with Crippen LogP contribution in [0.15, 0.2) is 36.4 Å². The first-order valence-corrected chi connectivity index (χ1v) is 11.3. The average molecular weight is 454 g/mol. The van der Waals surface area contributed by atoms with Crippen LogP contribution in [0.4, 0.5) is 11.4 Å². The SMILES string of the molecule is COc1cc(CNC(=O)CCC(=O)N2C[C@@H]3CCCN3c3ccccc32)cc(OC)c1OC. The van der Waals surface area contributed by atoms with E-state index in [2.05, 4.69) is 16.3 Å². The normalized spacial score (nSPS) is 16.6. The molecule has 1 atom stereocenters. The van der Waals surface area contributed by atoms with E-state index >= 15 is 0 Å². The number of hydrogen-bond acceptors (Lipinski definition) is 6. The number of methoxy groups -OCH3 is 3. The van der Waals surface area contributed by atoms with Crippen molar-refractivity contribution < 1.29 is 23.8 Å². The van der Waals surface area contributed by atoms with E-state index in [9.17, 15) is 9.59 Å². The molecule has 176 valence electrons. The van der Waals surface area contributed by atoms with Crippen LogP contribution >= 0.6 is 0 Å². The van der Waals surface area contributed by atoms with E-state index in [0.29, 0.717) is 36.4 Å². The van der Waals surface area contributed by atoms with Crippen molar-refractivity contribution in [2.75, 3.05) is 44.2 Å². The van der Waals surface area contributed by atoms with Crippen molar-refractivity contribution in [1.29, 1.82) is 0 Å². The fraction of sp³-hybridized carbons (Fsp3) is 0.440. The molecule has 1 N–H and O–H groups in total. The van der Waals surface area contributed by atoms with Gasteiger partial charge in [0.2, 0.25) is 17.6 Å². The quantitative estimate of drug-likeness (QED) is 0.662. The molecule has 0 aromatic heterocycles. The molecule has 2 aliphatic heterocycles. The predicted molar refractivity (Wildman–Crippen MR) is 126 cm³/mol. The van der Waals surface area contributed by atoms with E-state index < -0.39 is 0 Å². The van der Waals surface area contributed by atoms with Crippen LogP contribution < -0.4 is 29.3 Å². The Bertz CT molecular complexity index is 1000. The Morgan fingerprint density at radius 3 is 2.36 bits per heavy atom. The van der Waals surface area contributed by atoms with Gasteiger partial charge in [-0.25, -0.2) is 0 Å². The lowest BCUT2D eigenvalue weighted by atomic mass is 10.1. The van der Waals surface area contributed by atoms with Crippen molar-refractivity contribution >= 4 is 23.2 Å². The summed E-state index contributed by atoms with van der Waals surface area (Å²) in [5.74, 6) is 1.37. The summed E-state index contributed by atoms with van der Waals surface area (Å²) in [5, 5.41) is 2.88. The van der Waals surface area contributed by atoms with E-state index in [0.717, 1.165) is 36.3 Å². The molecule has 0 radical (unpaired) electrons. The molecule has 0 bridgehead atoms. The van der Waals surface area contributed by atoms with Crippen LogP contribution in [0.3, 0.4) is 0 Å². The Labute approximate surface area is 194 Å². The zero-order valence-corrected chi connectivity index (χ0v) is 19.4. The predicted octanol–water partition coefficient (Wildman–Crippen LogP) is 3.12. The summed E-state index contributed by atoms with van der Waals surface area (Å²) in [6.45, 7) is 2.02. The molecule has 33 heavy (non-hydrogen) atoms. The van der Waals surface area contributed by atoms with Gasteiger partial charge in [0.05, 0.1) is 32.7 Å². The lowest BCUT2D eigenvalue weighted by molar-refractivity contribution is -0.125. The molecule has 8 heteroatoms. The Morgan fingerprint density at radius 2 is 1.70 bits per heavy atom. The Morgan fingerprint density at radius 1 is 1.00 bits per heavy atom. The zero-order valence-electron chi connectivity index (χ0n) is 19.4. The summed E-state index contributed by atoms with van der Waals surface area (Å²) in [6, 6.07) is 12.0. The number of carbonyl (C=O) groups excluding carboxylic acids is 2. The highest BCUT2D eigenvalue weighted by molar-refractivity contribution is 5.99. The molecule has 2 aromatic carbocycles. The van der Waals surface area contributed by atoms with Gasteiger partial charge in [-0.1, -0.05) is 12.1 Å². The van der Waals surface area contributed by atoms with Gasteiger partial charge in [0, 0.05) is 38.5 Å². The Hall–Kier alpha value is -3.42. The van der Waals surface area contributed by atoms with Crippen LogP contribution in [0.1, 0.15) is 31.2 Å². The Kier molecular flexibility index (Phi) is 6.91. The number of rotatable bonds is 8. The van der Waals surface area contributed by atoms with Crippen molar-refractivity contribution in [2.45, 2.75) is 38.3 Å². The topological polar surface area (TPSA) is 80.3 Å². The molecule has 2 aromatic rings. The van der Waals surface area contributed by atoms with Gasteiger partial charge in [0.25, 0.3) is 0 Å². The van der Waals surface area contributed by atoms with Gasteiger partial charge in [-0.15, -0.1) is 0 Å². The van der Waals surface area contributed by atoms with Gasteiger partial charge >= 0.3 is 0 Å². The highest BCUT2D eigenvalue weighted by Gasteiger charge is 2.35. The number of hydrogen-bond donors (Lipinski definition) is 1. The molecule has 1 fully saturated rings. The molecule has 2 aliphatic rings. The minimum atomic E-state index is -0.176. The molecule has 0 unspecified atom stereocenters. The molecule has 8 nitrogen and oxygen atoms in total. The Balaban J connectivity index is 1.35. The van der Waals surface area contributed by atoms with Gasteiger partial charge in [0.15, 0.2) is 11.5 Å². The molecular weight excluding hydrogens is 422 g/mol. The second-order valence-corrected chi connectivity index (χ2v) is 8.29. The number of para-hydroxylation sites is 2. The van der Waals surface area contributed by atoms with Crippen LogP contribution in [0.2, 0.25) is 0 Å². The van der Waals surface area contributed by atoms with Crippen molar-refractivity contribution in [2.24, 2.45) is 0 Å². The number of carbonyl (C=O) groups is 2. The first-order chi connectivity index (χ1) is 16.0. The lowest BCUT2D eigenvalue weighted by Crippen LogP contribution is -2.48. The molecule has 4 rings (SSSR count). The number of benzene rings is 2. The standard InChI is InChI=1S/C25H31N3O5/c1-31-21-13-17(14-22(32-2)25(21)33-3)15-26-23(29)10-11-24(30)28-16-18-7-6-12-27(18)19-8-4-5-9-20(19)28/h4-5,8-9,13-14,18H,6-7,10-12,15-16H2,1-3H3,(H,26,29)/t18-/m0/s1. The summed E-state index contributed by atoms with van der Waals surface area (Å²) in [7, 11) is 4.65. The average Bonchev–Trinajstić information content (AvgIpc) is 3.33. The van der Waals surface area contributed by atoms with Crippen LogP contribution in [0.5, 0.6) is 17.2 Å². The summed E-state index contributed by atoms with van der Waals surface area (Å²) >= 11 is 0. The van der Waals surface area contributed by atoms with E-state index in [4.69, 9.17) is 14.2 Å². The zero-order chi connectivity index (χ0) is 23.4. The number of anilines is 2. The maximum atomic E-state index is 13.0. The maximum Gasteiger partial charge on any atom is 0.227 e. The van der Waals surface area contributed by atoms with Gasteiger partial charge in [-0.3, -0.25) is 9.59 Å². The largest absolute Gasteiger partial charge is 0.493 e. The number of ether oxygens (including phenoxy) is 3. The first-order valence-electron chi connectivity index (χ1n) is 11.3. The highest BCUT2D eigenvalue weighted by atomic mass is 16.5. The first kappa shape index (κ1) is 22.8. The van der Waals surface area contributed by atoms with E-state index in [-0.39, 0.29) is 24.7 Å². The van der Waals surface area contributed by atoms with Crippen LogP contribution in [0, 0.1) is 0 Å². The van der Waals surface area contributed by atoms with E-state index in [1.54, 1.807) is 33.5 Å². The monoisotopic (exact) mass is 453 g/mol. The van der Waals surface area contributed by atoms with Crippen LogP contribution in [0.25, 0.3) is 0 Å². The number of amides is 2. The van der Waals surface area contributed by atoms with Crippen LogP contribution in [-0.4, -0.2) is 52.3 Å². The van der Waals surface area contributed by atoms with E-state index in [1.807, 2.05) is 23.1 Å². The molecule has 2 heterocycles. The molecule has 0 saturated carbocycles. The maximum absolute atomic E-state index is 13.0. The van der Waals surface area contributed by atoms with Crippen molar-refractivity contribution in [3.05, 3.63) is 42.0 Å². The molecule has 0 spiro atoms. The summed E-state index contributed by atoms with van der Waals surface area (Å²) < 4.78 is 16.0. The van der Waals surface area contributed by atoms with Gasteiger partial charge in [-0.05, 0) is 42.7 Å². The van der Waals surface area contributed by atoms with Crippen LogP contribution in [-0.2, 0) is 16.1 Å². The third kappa shape index (κ3) is 4.69. The minimum absolute atomic E-state index is 0.0167. The fourth-order valence-electron chi connectivity index (χ4n) is 4.71. The fourth-order valence-corrected chi connectivity index (χ4v) is 4.71. The number of fused-ring (bicyclic) bond motifs is 3. The number of nitrogens with one attached hydrogen (secondary N) is 1. The highest BCUT2D eigenvalue weighted by Crippen LogP contribution is 2.40. The summed E-state index contributed by atoms with van der Waals surface area (Å²) in [4.78, 5) is 29.8. The van der Waals surface area contributed by atoms with Crippen molar-refractivity contribution in [3.63, 3.8) is 0 Å². The smallest absolute Gasteiger partial charge is 0.227 e. The number of nitrogens with zero attached hydrogens (tertiary/aromatic N) is 2. The summed E-state index contributed by atoms with van der Waals surface area (Å²) in [5.41, 5.74) is 2.88. The van der Waals surface area contributed by atoms with Crippen molar-refractivity contribution in [1.82, 2.24) is 5.32 Å². The second kappa shape index (κ2) is 10.0. The minimum Gasteiger partial charge on any atom is -0.493 e. The molecular formula is C25H31N3O5.